The summed E-state index contributed by atoms with van der Waals surface area (Å²) >= 11 is 2.05. The predicted octanol–water partition coefficient (Wildman–Crippen LogP) is 2.20. The van der Waals surface area contributed by atoms with E-state index in [0.717, 1.165) is 13.0 Å². The largest absolute Gasteiger partial charge is 0.330 e. The van der Waals surface area contributed by atoms with Crippen molar-refractivity contribution >= 4 is 11.8 Å². The Morgan fingerprint density at radius 2 is 2.47 bits per heavy atom. The molecule has 0 amide bonds. The molecule has 3 heteroatoms. The van der Waals surface area contributed by atoms with E-state index in [1.165, 1.54) is 29.9 Å². The summed E-state index contributed by atoms with van der Waals surface area (Å²) in [5.41, 5.74) is 7.43. The second kappa shape index (κ2) is 4.99. The van der Waals surface area contributed by atoms with E-state index in [9.17, 15) is 0 Å². The van der Waals surface area contributed by atoms with Crippen molar-refractivity contribution in [3.8, 4) is 0 Å². The van der Waals surface area contributed by atoms with E-state index < -0.39 is 0 Å². The van der Waals surface area contributed by atoms with Crippen molar-refractivity contribution < 1.29 is 0 Å². The molecule has 2 rings (SSSR count). The smallest absolute Gasteiger partial charge is 0.0305 e. The third kappa shape index (κ3) is 2.34. The Morgan fingerprint density at radius 3 is 3.07 bits per heavy atom. The molecule has 1 unspecified atom stereocenters. The average Bonchev–Trinajstić information content (AvgIpc) is 2.32. The summed E-state index contributed by atoms with van der Waals surface area (Å²) in [5, 5.41) is 0. The highest BCUT2D eigenvalue weighted by Gasteiger charge is 2.33. The van der Waals surface area contributed by atoms with Crippen LogP contribution in [0.25, 0.3) is 0 Å². The van der Waals surface area contributed by atoms with Crippen LogP contribution >= 0.6 is 11.8 Å². The number of hydrogen-bond acceptors (Lipinski definition) is 3. The van der Waals surface area contributed by atoms with E-state index in [4.69, 9.17) is 5.73 Å². The van der Waals surface area contributed by atoms with Crippen molar-refractivity contribution in [3.05, 3.63) is 30.1 Å². The molecule has 1 aromatic heterocycles. The summed E-state index contributed by atoms with van der Waals surface area (Å²) < 4.78 is 0. The van der Waals surface area contributed by atoms with Gasteiger partial charge < -0.3 is 5.73 Å². The van der Waals surface area contributed by atoms with Crippen LogP contribution in [0.4, 0.5) is 0 Å². The zero-order valence-corrected chi connectivity index (χ0v) is 9.80. The SMILES string of the molecule is NCCC1(c2cccnc2)CCCSC1. The van der Waals surface area contributed by atoms with Crippen LogP contribution in [0.1, 0.15) is 24.8 Å². The van der Waals surface area contributed by atoms with Gasteiger partial charge in [-0.1, -0.05) is 6.07 Å². The number of nitrogens with two attached hydrogens (primary N) is 1. The maximum Gasteiger partial charge on any atom is 0.0305 e. The van der Waals surface area contributed by atoms with Crippen molar-refractivity contribution in [1.82, 2.24) is 4.98 Å². The fourth-order valence-corrected chi connectivity index (χ4v) is 3.71. The molecule has 2 nitrogen and oxygen atoms in total. The number of pyridine rings is 1. The predicted molar refractivity (Wildman–Crippen MR) is 66.1 cm³/mol. The van der Waals surface area contributed by atoms with E-state index in [0.29, 0.717) is 5.41 Å². The van der Waals surface area contributed by atoms with Crippen LogP contribution in [0.15, 0.2) is 24.5 Å². The molecule has 1 atom stereocenters. The molecule has 1 aliphatic heterocycles. The summed E-state index contributed by atoms with van der Waals surface area (Å²) in [4.78, 5) is 4.24. The van der Waals surface area contributed by atoms with Gasteiger partial charge in [0.1, 0.15) is 0 Å². The summed E-state index contributed by atoms with van der Waals surface area (Å²) in [6, 6.07) is 4.24. The molecule has 82 valence electrons. The van der Waals surface area contributed by atoms with E-state index in [-0.39, 0.29) is 0 Å². The minimum absolute atomic E-state index is 0.298. The first-order valence-corrected chi connectivity index (χ1v) is 6.71. The van der Waals surface area contributed by atoms with Gasteiger partial charge in [-0.2, -0.15) is 11.8 Å². The van der Waals surface area contributed by atoms with Crippen LogP contribution in [0.5, 0.6) is 0 Å². The van der Waals surface area contributed by atoms with Gasteiger partial charge in [0.15, 0.2) is 0 Å². The molecule has 0 spiro atoms. The van der Waals surface area contributed by atoms with Gasteiger partial charge in [0.25, 0.3) is 0 Å². The maximum absolute atomic E-state index is 5.75. The fraction of sp³-hybridized carbons (Fsp3) is 0.583. The zero-order chi connectivity index (χ0) is 10.6. The second-order valence-corrected chi connectivity index (χ2v) is 5.32. The minimum atomic E-state index is 0.298. The zero-order valence-electron chi connectivity index (χ0n) is 8.98. The summed E-state index contributed by atoms with van der Waals surface area (Å²) in [7, 11) is 0. The highest BCUT2D eigenvalue weighted by Crippen LogP contribution is 2.39. The Morgan fingerprint density at radius 1 is 1.53 bits per heavy atom. The highest BCUT2D eigenvalue weighted by molar-refractivity contribution is 7.99. The molecule has 1 aromatic rings. The average molecular weight is 222 g/mol. The summed E-state index contributed by atoms with van der Waals surface area (Å²) in [6.07, 6.45) is 7.52. The Kier molecular flexibility index (Phi) is 3.65. The van der Waals surface area contributed by atoms with Gasteiger partial charge >= 0.3 is 0 Å². The molecule has 0 radical (unpaired) electrons. The fourth-order valence-electron chi connectivity index (χ4n) is 2.37. The lowest BCUT2D eigenvalue weighted by Crippen LogP contribution is -2.34. The van der Waals surface area contributed by atoms with E-state index >= 15 is 0 Å². The van der Waals surface area contributed by atoms with Gasteiger partial charge in [-0.15, -0.1) is 0 Å². The van der Waals surface area contributed by atoms with Gasteiger partial charge in [0, 0.05) is 23.6 Å². The van der Waals surface area contributed by atoms with Crippen molar-refractivity contribution in [3.63, 3.8) is 0 Å². The third-order valence-electron chi connectivity index (χ3n) is 3.22. The number of rotatable bonds is 3. The Balaban J connectivity index is 2.25. The van der Waals surface area contributed by atoms with E-state index in [2.05, 4.69) is 22.8 Å². The molecular weight excluding hydrogens is 204 g/mol. The standard InChI is InChI=1S/C12H18N2S/c13-6-5-12(4-2-8-15-10-12)11-3-1-7-14-9-11/h1,3,7,9H,2,4-6,8,10,13H2. The molecule has 0 aliphatic carbocycles. The molecule has 0 bridgehead atoms. The first-order chi connectivity index (χ1) is 7.37. The van der Waals surface area contributed by atoms with Crippen molar-refractivity contribution in [2.24, 2.45) is 5.73 Å². The van der Waals surface area contributed by atoms with Gasteiger partial charge in [0.2, 0.25) is 0 Å². The Bertz CT molecular complexity index is 288. The minimum Gasteiger partial charge on any atom is -0.330 e. The van der Waals surface area contributed by atoms with E-state index in [1.807, 2.05) is 18.5 Å². The van der Waals surface area contributed by atoms with Crippen LogP contribution in [-0.4, -0.2) is 23.0 Å². The molecule has 2 N–H and O–H groups in total. The number of nitrogens with zero attached hydrogens (tertiary/aromatic N) is 1. The van der Waals surface area contributed by atoms with Crippen LogP contribution in [0, 0.1) is 0 Å². The summed E-state index contributed by atoms with van der Waals surface area (Å²) in [6.45, 7) is 0.773. The number of hydrogen-bond donors (Lipinski definition) is 1. The molecule has 1 aliphatic rings. The number of aromatic nitrogens is 1. The van der Waals surface area contributed by atoms with Gasteiger partial charge in [0.05, 0.1) is 0 Å². The van der Waals surface area contributed by atoms with Crippen molar-refractivity contribution in [2.75, 3.05) is 18.1 Å². The van der Waals surface area contributed by atoms with Gasteiger partial charge in [-0.3, -0.25) is 4.98 Å². The Hall–Kier alpha value is -0.540. The Labute approximate surface area is 95.7 Å². The van der Waals surface area contributed by atoms with Crippen molar-refractivity contribution in [1.29, 1.82) is 0 Å². The molecular formula is C12H18N2S. The normalized spacial score (nSPS) is 26.5. The van der Waals surface area contributed by atoms with Gasteiger partial charge in [-0.05, 0) is 43.2 Å². The molecule has 0 saturated carbocycles. The maximum atomic E-state index is 5.75. The second-order valence-electron chi connectivity index (χ2n) is 4.22. The third-order valence-corrected chi connectivity index (χ3v) is 4.55. The molecule has 2 heterocycles. The lowest BCUT2D eigenvalue weighted by Gasteiger charge is -2.37. The number of thioether (sulfide) groups is 1. The summed E-state index contributed by atoms with van der Waals surface area (Å²) in [5.74, 6) is 2.50. The lowest BCUT2D eigenvalue weighted by molar-refractivity contribution is 0.402. The highest BCUT2D eigenvalue weighted by atomic mass is 32.2. The van der Waals surface area contributed by atoms with Crippen LogP contribution < -0.4 is 5.73 Å². The molecule has 1 saturated heterocycles. The monoisotopic (exact) mass is 222 g/mol. The van der Waals surface area contributed by atoms with Crippen molar-refractivity contribution in [2.45, 2.75) is 24.7 Å². The molecule has 1 fully saturated rings. The lowest BCUT2D eigenvalue weighted by atomic mass is 9.76. The quantitative estimate of drug-likeness (QED) is 0.852. The van der Waals surface area contributed by atoms with Gasteiger partial charge in [-0.25, -0.2) is 0 Å². The van der Waals surface area contributed by atoms with Crippen LogP contribution in [0.3, 0.4) is 0 Å². The first kappa shape index (κ1) is 11.0. The topological polar surface area (TPSA) is 38.9 Å². The van der Waals surface area contributed by atoms with Crippen LogP contribution in [-0.2, 0) is 5.41 Å². The first-order valence-electron chi connectivity index (χ1n) is 5.56. The van der Waals surface area contributed by atoms with E-state index in [1.54, 1.807) is 0 Å². The molecule has 15 heavy (non-hydrogen) atoms. The molecule has 0 aromatic carbocycles. The van der Waals surface area contributed by atoms with Crippen LogP contribution in [0.2, 0.25) is 0 Å².